The molecule has 0 aromatic rings. The lowest BCUT2D eigenvalue weighted by molar-refractivity contribution is -0.166. The first kappa shape index (κ1) is 14.6. The van der Waals surface area contributed by atoms with Crippen molar-refractivity contribution in [3.8, 4) is 0 Å². The Balaban J connectivity index is 3.46. The highest BCUT2D eigenvalue weighted by atomic mass is 19.3. The van der Waals surface area contributed by atoms with E-state index in [2.05, 4.69) is 4.74 Å². The first-order chi connectivity index (χ1) is 6.90. The average Bonchev–Trinajstić information content (AvgIpc) is 2.16. The van der Waals surface area contributed by atoms with E-state index in [1.807, 2.05) is 0 Å². The highest BCUT2D eigenvalue weighted by Gasteiger charge is 2.40. The molecule has 1 unspecified atom stereocenters. The molecular formula is C9H16F4O2. The van der Waals surface area contributed by atoms with Gasteiger partial charge < -0.3 is 9.84 Å². The lowest BCUT2D eigenvalue weighted by atomic mass is 10.1. The number of alkyl halides is 4. The molecule has 0 aliphatic carbocycles. The zero-order valence-corrected chi connectivity index (χ0v) is 8.56. The summed E-state index contributed by atoms with van der Waals surface area (Å²) >= 11 is 0. The highest BCUT2D eigenvalue weighted by Crippen LogP contribution is 2.22. The molecule has 0 rings (SSSR count). The number of hydrogen-bond donors (Lipinski definition) is 1. The molecule has 1 N–H and O–H groups in total. The minimum Gasteiger partial charge on any atom is -0.393 e. The van der Waals surface area contributed by atoms with Crippen LogP contribution in [0.1, 0.15) is 26.2 Å². The smallest absolute Gasteiger partial charge is 0.330 e. The molecule has 15 heavy (non-hydrogen) atoms. The van der Waals surface area contributed by atoms with Crippen molar-refractivity contribution >= 4 is 0 Å². The molecule has 0 aliphatic rings. The maximum Gasteiger partial charge on any atom is 0.330 e. The second kappa shape index (κ2) is 7.00. The van der Waals surface area contributed by atoms with Crippen LogP contribution in [-0.2, 0) is 4.74 Å². The fraction of sp³-hybridized carbons (Fsp3) is 1.00. The Hall–Kier alpha value is -0.360. The Morgan fingerprint density at radius 2 is 1.93 bits per heavy atom. The summed E-state index contributed by atoms with van der Waals surface area (Å²) in [4.78, 5) is 0. The molecule has 0 aliphatic heterocycles. The molecule has 0 amide bonds. The van der Waals surface area contributed by atoms with Crippen LogP contribution in [0.2, 0.25) is 0 Å². The number of hydrogen-bond acceptors (Lipinski definition) is 2. The first-order valence-electron chi connectivity index (χ1n) is 4.82. The number of aliphatic hydroxyl groups excluding tert-OH is 1. The summed E-state index contributed by atoms with van der Waals surface area (Å²) in [6.07, 6.45) is -2.79. The fourth-order valence-corrected chi connectivity index (χ4v) is 0.896. The van der Waals surface area contributed by atoms with Crippen LogP contribution in [0, 0.1) is 0 Å². The van der Waals surface area contributed by atoms with Crippen LogP contribution in [0.15, 0.2) is 0 Å². The minimum absolute atomic E-state index is 0.0423. The van der Waals surface area contributed by atoms with Gasteiger partial charge in [-0.3, -0.25) is 0 Å². The maximum atomic E-state index is 12.3. The Bertz CT molecular complexity index is 164. The molecule has 0 saturated heterocycles. The fourth-order valence-electron chi connectivity index (χ4n) is 0.896. The lowest BCUT2D eigenvalue weighted by Crippen LogP contribution is -2.32. The quantitative estimate of drug-likeness (QED) is 0.514. The molecule has 0 aromatic carbocycles. The zero-order valence-electron chi connectivity index (χ0n) is 8.56. The maximum absolute atomic E-state index is 12.3. The van der Waals surface area contributed by atoms with E-state index in [0.717, 1.165) is 0 Å². The Morgan fingerprint density at radius 3 is 2.40 bits per heavy atom. The van der Waals surface area contributed by atoms with Crippen molar-refractivity contribution in [2.45, 2.75) is 44.6 Å². The van der Waals surface area contributed by atoms with Gasteiger partial charge in [0, 0.05) is 6.61 Å². The van der Waals surface area contributed by atoms with Crippen LogP contribution in [0.3, 0.4) is 0 Å². The van der Waals surface area contributed by atoms with Crippen molar-refractivity contribution < 1.29 is 27.4 Å². The first-order valence-corrected chi connectivity index (χ1v) is 4.82. The van der Waals surface area contributed by atoms with E-state index in [1.165, 1.54) is 0 Å². The van der Waals surface area contributed by atoms with Crippen molar-refractivity contribution in [3.63, 3.8) is 0 Å². The lowest BCUT2D eigenvalue weighted by Gasteiger charge is -2.15. The second-order valence-corrected chi connectivity index (χ2v) is 3.32. The minimum atomic E-state index is -4.08. The predicted molar refractivity (Wildman–Crippen MR) is 47.3 cm³/mol. The number of halogens is 4. The van der Waals surface area contributed by atoms with Gasteiger partial charge in [-0.2, -0.15) is 8.78 Å². The highest BCUT2D eigenvalue weighted by molar-refractivity contribution is 4.67. The van der Waals surface area contributed by atoms with Crippen molar-refractivity contribution in [1.82, 2.24) is 0 Å². The third-order valence-corrected chi connectivity index (χ3v) is 1.91. The largest absolute Gasteiger partial charge is 0.393 e. The number of ether oxygens (including phenoxy) is 1. The normalized spacial score (nSPS) is 14.6. The van der Waals surface area contributed by atoms with E-state index >= 15 is 0 Å². The molecule has 0 spiro atoms. The van der Waals surface area contributed by atoms with E-state index in [9.17, 15) is 17.6 Å². The van der Waals surface area contributed by atoms with Gasteiger partial charge in [-0.25, -0.2) is 8.78 Å². The Morgan fingerprint density at radius 1 is 1.33 bits per heavy atom. The van der Waals surface area contributed by atoms with Gasteiger partial charge in [-0.1, -0.05) is 6.92 Å². The molecule has 0 aromatic heterocycles. The SMILES string of the molecule is CCC(O)CCCOCC(F)(F)C(F)F. The van der Waals surface area contributed by atoms with Crippen molar-refractivity contribution in [2.24, 2.45) is 0 Å². The zero-order chi connectivity index (χ0) is 11.9. The summed E-state index contributed by atoms with van der Waals surface area (Å²) in [5.41, 5.74) is 0. The molecular weight excluding hydrogens is 216 g/mol. The van der Waals surface area contributed by atoms with Crippen LogP contribution >= 0.6 is 0 Å². The van der Waals surface area contributed by atoms with Gasteiger partial charge in [0.25, 0.3) is 0 Å². The molecule has 92 valence electrons. The van der Waals surface area contributed by atoms with Gasteiger partial charge >= 0.3 is 12.3 Å². The molecule has 0 heterocycles. The number of aliphatic hydroxyl groups is 1. The molecule has 2 nitrogen and oxygen atoms in total. The van der Waals surface area contributed by atoms with Gasteiger partial charge in [0.1, 0.15) is 6.61 Å². The van der Waals surface area contributed by atoms with Crippen molar-refractivity contribution in [2.75, 3.05) is 13.2 Å². The summed E-state index contributed by atoms with van der Waals surface area (Å²) in [5.74, 6) is -4.08. The van der Waals surface area contributed by atoms with E-state index in [4.69, 9.17) is 5.11 Å². The Labute approximate surface area is 86.2 Å². The van der Waals surface area contributed by atoms with Crippen LogP contribution in [0.5, 0.6) is 0 Å². The van der Waals surface area contributed by atoms with Crippen LogP contribution in [-0.4, -0.2) is 36.8 Å². The monoisotopic (exact) mass is 232 g/mol. The summed E-state index contributed by atoms with van der Waals surface area (Å²) in [6, 6.07) is 0. The summed E-state index contributed by atoms with van der Waals surface area (Å²) in [6.45, 7) is 0.475. The van der Waals surface area contributed by atoms with E-state index in [-0.39, 0.29) is 6.61 Å². The molecule has 0 saturated carbocycles. The van der Waals surface area contributed by atoms with Gasteiger partial charge in [0.15, 0.2) is 0 Å². The van der Waals surface area contributed by atoms with Gasteiger partial charge in [-0.15, -0.1) is 0 Å². The van der Waals surface area contributed by atoms with E-state index < -0.39 is 25.1 Å². The molecule has 1 atom stereocenters. The van der Waals surface area contributed by atoms with Gasteiger partial charge in [0.05, 0.1) is 6.10 Å². The Kier molecular flexibility index (Phi) is 6.84. The van der Waals surface area contributed by atoms with Crippen molar-refractivity contribution in [3.05, 3.63) is 0 Å². The average molecular weight is 232 g/mol. The summed E-state index contributed by atoms with van der Waals surface area (Å²) in [7, 11) is 0. The van der Waals surface area contributed by atoms with E-state index in [0.29, 0.717) is 19.3 Å². The third kappa shape index (κ3) is 6.67. The molecule has 0 fully saturated rings. The number of rotatable bonds is 8. The van der Waals surface area contributed by atoms with Crippen LogP contribution in [0.4, 0.5) is 17.6 Å². The van der Waals surface area contributed by atoms with Crippen LogP contribution < -0.4 is 0 Å². The molecule has 0 bridgehead atoms. The van der Waals surface area contributed by atoms with Crippen molar-refractivity contribution in [1.29, 1.82) is 0 Å². The van der Waals surface area contributed by atoms with Crippen LogP contribution in [0.25, 0.3) is 0 Å². The summed E-state index contributed by atoms with van der Waals surface area (Å²) < 4.78 is 52.2. The summed E-state index contributed by atoms with van der Waals surface area (Å²) in [5, 5.41) is 9.08. The van der Waals surface area contributed by atoms with E-state index in [1.54, 1.807) is 6.92 Å². The predicted octanol–water partition coefficient (Wildman–Crippen LogP) is 2.45. The molecule has 6 heteroatoms. The topological polar surface area (TPSA) is 29.5 Å². The standard InChI is InChI=1S/C9H16F4O2/c1-2-7(14)4-3-5-15-6-9(12,13)8(10)11/h7-8,14H,2-6H2,1H3. The van der Waals surface area contributed by atoms with Gasteiger partial charge in [0.2, 0.25) is 0 Å². The second-order valence-electron chi connectivity index (χ2n) is 3.32. The molecule has 0 radical (unpaired) electrons. The third-order valence-electron chi connectivity index (χ3n) is 1.91. The van der Waals surface area contributed by atoms with Gasteiger partial charge in [-0.05, 0) is 19.3 Å².